The molecular weight excluding hydrogens is 224 g/mol. The molecule has 1 rings (SSSR count). The fourth-order valence-corrected chi connectivity index (χ4v) is 2.10. The van der Waals surface area contributed by atoms with Crippen LogP contribution in [0.15, 0.2) is 0 Å². The van der Waals surface area contributed by atoms with E-state index in [1.165, 1.54) is 6.42 Å². The van der Waals surface area contributed by atoms with E-state index in [-0.39, 0.29) is 23.7 Å². The van der Waals surface area contributed by atoms with E-state index in [0.717, 1.165) is 19.5 Å². The lowest BCUT2D eigenvalue weighted by Crippen LogP contribution is -2.37. The van der Waals surface area contributed by atoms with Gasteiger partial charge in [0, 0.05) is 26.1 Å². The Bertz CT molecular complexity index is 220. The summed E-state index contributed by atoms with van der Waals surface area (Å²) in [6.45, 7) is 8.37. The van der Waals surface area contributed by atoms with Crippen LogP contribution in [0.5, 0.6) is 0 Å². The van der Waals surface area contributed by atoms with E-state index in [1.807, 2.05) is 11.9 Å². The van der Waals surface area contributed by atoms with Gasteiger partial charge in [0.2, 0.25) is 5.91 Å². The third kappa shape index (κ3) is 5.71. The number of halogens is 1. The van der Waals surface area contributed by atoms with Crippen LogP contribution in [0.25, 0.3) is 0 Å². The molecular formula is C12H25ClN2O. The van der Waals surface area contributed by atoms with Crippen molar-refractivity contribution in [2.24, 2.45) is 5.41 Å². The summed E-state index contributed by atoms with van der Waals surface area (Å²) in [4.78, 5) is 13.7. The highest BCUT2D eigenvalue weighted by molar-refractivity contribution is 5.85. The van der Waals surface area contributed by atoms with Crippen LogP contribution < -0.4 is 5.32 Å². The summed E-state index contributed by atoms with van der Waals surface area (Å²) in [6, 6.07) is 0.417. The minimum Gasteiger partial charge on any atom is -0.345 e. The van der Waals surface area contributed by atoms with Crippen molar-refractivity contribution in [1.82, 2.24) is 10.2 Å². The Labute approximate surface area is 105 Å². The van der Waals surface area contributed by atoms with Crippen LogP contribution in [0.4, 0.5) is 0 Å². The molecule has 0 aromatic carbocycles. The first-order valence-electron chi connectivity index (χ1n) is 5.86. The Morgan fingerprint density at radius 3 is 2.50 bits per heavy atom. The summed E-state index contributed by atoms with van der Waals surface area (Å²) < 4.78 is 0. The first-order chi connectivity index (χ1) is 6.88. The highest BCUT2D eigenvalue weighted by Crippen LogP contribution is 2.16. The molecule has 3 nitrogen and oxygen atoms in total. The monoisotopic (exact) mass is 248 g/mol. The van der Waals surface area contributed by atoms with Crippen molar-refractivity contribution in [3.05, 3.63) is 0 Å². The van der Waals surface area contributed by atoms with Gasteiger partial charge in [-0.2, -0.15) is 0 Å². The fourth-order valence-electron chi connectivity index (χ4n) is 2.10. The van der Waals surface area contributed by atoms with Crippen molar-refractivity contribution in [1.29, 1.82) is 0 Å². The number of nitrogens with one attached hydrogen (secondary N) is 1. The topological polar surface area (TPSA) is 32.3 Å². The van der Waals surface area contributed by atoms with Gasteiger partial charge in [-0.15, -0.1) is 12.4 Å². The van der Waals surface area contributed by atoms with Gasteiger partial charge in [-0.1, -0.05) is 20.8 Å². The van der Waals surface area contributed by atoms with Gasteiger partial charge in [-0.3, -0.25) is 4.79 Å². The van der Waals surface area contributed by atoms with Gasteiger partial charge < -0.3 is 10.2 Å². The number of carbonyl (C=O) groups is 1. The van der Waals surface area contributed by atoms with Crippen LogP contribution in [0, 0.1) is 5.41 Å². The van der Waals surface area contributed by atoms with Gasteiger partial charge in [-0.25, -0.2) is 0 Å². The highest BCUT2D eigenvalue weighted by Gasteiger charge is 2.22. The van der Waals surface area contributed by atoms with Crippen molar-refractivity contribution in [2.45, 2.75) is 46.1 Å². The second-order valence-corrected chi connectivity index (χ2v) is 5.81. The molecule has 1 unspecified atom stereocenters. The standard InChI is InChI=1S/C12H24N2O.ClH/c1-12(2,3)9-14(4)11(15)8-10-6-5-7-13-10;/h10,13H,5-9H2,1-4H3;1H. The molecule has 0 aromatic rings. The van der Waals surface area contributed by atoms with E-state index >= 15 is 0 Å². The lowest BCUT2D eigenvalue weighted by atomic mass is 9.96. The summed E-state index contributed by atoms with van der Waals surface area (Å²) >= 11 is 0. The lowest BCUT2D eigenvalue weighted by Gasteiger charge is -2.27. The zero-order chi connectivity index (χ0) is 11.5. The van der Waals surface area contributed by atoms with E-state index < -0.39 is 0 Å². The smallest absolute Gasteiger partial charge is 0.223 e. The molecule has 0 radical (unpaired) electrons. The Morgan fingerprint density at radius 2 is 2.06 bits per heavy atom. The summed E-state index contributed by atoms with van der Waals surface area (Å²) in [5, 5.41) is 3.36. The van der Waals surface area contributed by atoms with Crippen LogP contribution in [0.1, 0.15) is 40.0 Å². The minimum absolute atomic E-state index is 0. The molecule has 1 atom stereocenters. The van der Waals surface area contributed by atoms with Gasteiger partial charge in [0.05, 0.1) is 0 Å². The summed E-state index contributed by atoms with van der Waals surface area (Å²) in [5.74, 6) is 0.268. The first-order valence-corrected chi connectivity index (χ1v) is 5.86. The zero-order valence-electron chi connectivity index (χ0n) is 10.9. The van der Waals surface area contributed by atoms with Gasteiger partial charge in [0.15, 0.2) is 0 Å². The third-order valence-corrected chi connectivity index (χ3v) is 2.72. The molecule has 0 saturated carbocycles. The molecule has 1 aliphatic heterocycles. The maximum Gasteiger partial charge on any atom is 0.223 e. The molecule has 16 heavy (non-hydrogen) atoms. The van der Waals surface area contributed by atoms with Crippen molar-refractivity contribution in [3.8, 4) is 0 Å². The highest BCUT2D eigenvalue weighted by atomic mass is 35.5. The zero-order valence-corrected chi connectivity index (χ0v) is 11.7. The number of rotatable bonds is 3. The number of carbonyl (C=O) groups excluding carboxylic acids is 1. The van der Waals surface area contributed by atoms with Gasteiger partial charge in [0.25, 0.3) is 0 Å². The van der Waals surface area contributed by atoms with Crippen molar-refractivity contribution < 1.29 is 4.79 Å². The fraction of sp³-hybridized carbons (Fsp3) is 0.917. The molecule has 4 heteroatoms. The number of amides is 1. The maximum absolute atomic E-state index is 11.9. The molecule has 96 valence electrons. The average molecular weight is 249 g/mol. The van der Waals surface area contributed by atoms with Crippen LogP contribution >= 0.6 is 12.4 Å². The Morgan fingerprint density at radius 1 is 1.44 bits per heavy atom. The first kappa shape index (κ1) is 15.7. The van der Waals surface area contributed by atoms with Crippen LogP contribution in [0.2, 0.25) is 0 Å². The van der Waals surface area contributed by atoms with Crippen molar-refractivity contribution in [2.75, 3.05) is 20.1 Å². The Hall–Kier alpha value is -0.280. The number of hydrogen-bond donors (Lipinski definition) is 1. The van der Waals surface area contributed by atoms with Crippen molar-refractivity contribution in [3.63, 3.8) is 0 Å². The van der Waals surface area contributed by atoms with E-state index in [9.17, 15) is 4.79 Å². The van der Waals surface area contributed by atoms with E-state index in [2.05, 4.69) is 26.1 Å². The van der Waals surface area contributed by atoms with Gasteiger partial charge in [0.1, 0.15) is 0 Å². The SMILES string of the molecule is CN(CC(C)(C)C)C(=O)CC1CCCN1.Cl. The average Bonchev–Trinajstić information content (AvgIpc) is 2.53. The predicted molar refractivity (Wildman–Crippen MR) is 70.0 cm³/mol. The Balaban J connectivity index is 0.00000225. The van der Waals surface area contributed by atoms with E-state index in [4.69, 9.17) is 0 Å². The lowest BCUT2D eigenvalue weighted by molar-refractivity contribution is -0.131. The maximum atomic E-state index is 11.9. The molecule has 1 heterocycles. The molecule has 0 aromatic heterocycles. The molecule has 1 amide bonds. The van der Waals surface area contributed by atoms with Gasteiger partial charge >= 0.3 is 0 Å². The molecule has 1 saturated heterocycles. The molecule has 0 aliphatic carbocycles. The molecule has 1 fully saturated rings. The predicted octanol–water partition coefficient (Wildman–Crippen LogP) is 2.05. The Kier molecular flexibility index (Phi) is 6.34. The third-order valence-electron chi connectivity index (χ3n) is 2.72. The molecule has 1 aliphatic rings. The van der Waals surface area contributed by atoms with E-state index in [1.54, 1.807) is 0 Å². The molecule has 1 N–H and O–H groups in total. The summed E-state index contributed by atoms with van der Waals surface area (Å²) in [7, 11) is 1.91. The quantitative estimate of drug-likeness (QED) is 0.829. The van der Waals surface area contributed by atoms with Crippen molar-refractivity contribution >= 4 is 18.3 Å². The normalized spacial score (nSPS) is 20.4. The summed E-state index contributed by atoms with van der Waals surface area (Å²) in [6.07, 6.45) is 3.02. The molecule has 0 bridgehead atoms. The molecule has 0 spiro atoms. The van der Waals surface area contributed by atoms with Crippen LogP contribution in [-0.4, -0.2) is 37.0 Å². The van der Waals surface area contributed by atoms with E-state index in [0.29, 0.717) is 12.5 Å². The largest absolute Gasteiger partial charge is 0.345 e. The van der Waals surface area contributed by atoms with Crippen LogP contribution in [-0.2, 0) is 4.79 Å². The minimum atomic E-state index is 0. The second-order valence-electron chi connectivity index (χ2n) is 5.81. The second kappa shape index (κ2) is 6.45. The number of nitrogens with zero attached hydrogens (tertiary/aromatic N) is 1. The summed E-state index contributed by atoms with van der Waals surface area (Å²) in [5.41, 5.74) is 0.188. The number of hydrogen-bond acceptors (Lipinski definition) is 2. The van der Waals surface area contributed by atoms with Gasteiger partial charge in [-0.05, 0) is 24.8 Å². The van der Waals surface area contributed by atoms with Crippen LogP contribution in [0.3, 0.4) is 0 Å².